The zero-order chi connectivity index (χ0) is 16.9. The molecule has 0 aromatic heterocycles. The summed E-state index contributed by atoms with van der Waals surface area (Å²) in [6.45, 7) is 0.747. The fraction of sp³-hybridized carbons (Fsp3) is 0.350. The van der Waals surface area contributed by atoms with Gasteiger partial charge in [0.25, 0.3) is 5.91 Å². The molecule has 1 heterocycles. The molecule has 4 heteroatoms. The van der Waals surface area contributed by atoms with Crippen molar-refractivity contribution in [3.63, 3.8) is 0 Å². The van der Waals surface area contributed by atoms with Crippen LogP contribution in [0.5, 0.6) is 5.75 Å². The number of likely N-dealkylation sites (tertiary alicyclic amines) is 1. The minimum atomic E-state index is -0.541. The summed E-state index contributed by atoms with van der Waals surface area (Å²) in [5, 5.41) is 10.5. The summed E-state index contributed by atoms with van der Waals surface area (Å²) in [6.07, 6.45) is 1.95. The van der Waals surface area contributed by atoms with E-state index in [0.717, 1.165) is 30.7 Å². The van der Waals surface area contributed by atoms with Crippen LogP contribution in [-0.2, 0) is 0 Å². The van der Waals surface area contributed by atoms with Gasteiger partial charge in [0.05, 0.1) is 13.2 Å². The van der Waals surface area contributed by atoms with Gasteiger partial charge in [-0.1, -0.05) is 30.3 Å². The van der Waals surface area contributed by atoms with Crippen LogP contribution in [-0.4, -0.2) is 35.6 Å². The largest absolute Gasteiger partial charge is 0.497 e. The van der Waals surface area contributed by atoms with Crippen molar-refractivity contribution < 1.29 is 14.6 Å². The summed E-state index contributed by atoms with van der Waals surface area (Å²) < 4.78 is 5.14. The zero-order valence-corrected chi connectivity index (χ0v) is 13.9. The molecule has 2 atom stereocenters. The summed E-state index contributed by atoms with van der Waals surface area (Å²) in [6, 6.07) is 16.9. The standard InChI is InChI=1S/C20H23NO3/c1-24-18-11-9-16(10-12-18)20(23)21-13-5-8-17(21)14-19(22)15-6-3-2-4-7-15/h2-4,6-7,9-12,17,19,22H,5,8,13-14H2,1H3. The molecule has 0 saturated carbocycles. The fourth-order valence-corrected chi connectivity index (χ4v) is 3.32. The molecule has 126 valence electrons. The van der Waals surface area contributed by atoms with Crippen molar-refractivity contribution in [1.29, 1.82) is 0 Å². The van der Waals surface area contributed by atoms with Gasteiger partial charge in [0, 0.05) is 18.2 Å². The van der Waals surface area contributed by atoms with E-state index < -0.39 is 6.10 Å². The minimum absolute atomic E-state index is 0.0282. The number of benzene rings is 2. The molecule has 1 N–H and O–H groups in total. The molecular weight excluding hydrogens is 302 g/mol. The second-order valence-electron chi connectivity index (χ2n) is 6.19. The number of hydrogen-bond donors (Lipinski definition) is 1. The number of ether oxygens (including phenoxy) is 1. The molecular formula is C20H23NO3. The normalized spacial score (nSPS) is 18.4. The highest BCUT2D eigenvalue weighted by molar-refractivity contribution is 5.94. The molecule has 0 bridgehead atoms. The van der Waals surface area contributed by atoms with Crippen molar-refractivity contribution in [1.82, 2.24) is 4.90 Å². The van der Waals surface area contributed by atoms with Crippen molar-refractivity contribution in [2.75, 3.05) is 13.7 Å². The minimum Gasteiger partial charge on any atom is -0.497 e. The summed E-state index contributed by atoms with van der Waals surface area (Å²) >= 11 is 0. The number of methoxy groups -OCH3 is 1. The molecule has 1 aliphatic heterocycles. The van der Waals surface area contributed by atoms with E-state index in [2.05, 4.69) is 0 Å². The monoisotopic (exact) mass is 325 g/mol. The molecule has 4 nitrogen and oxygen atoms in total. The highest BCUT2D eigenvalue weighted by atomic mass is 16.5. The first kappa shape index (κ1) is 16.5. The van der Waals surface area contributed by atoms with Crippen molar-refractivity contribution in [2.45, 2.75) is 31.4 Å². The summed E-state index contributed by atoms with van der Waals surface area (Å²) in [5.74, 6) is 0.768. The molecule has 0 radical (unpaired) electrons. The number of rotatable bonds is 5. The van der Waals surface area contributed by atoms with Crippen LogP contribution in [0, 0.1) is 0 Å². The van der Waals surface area contributed by atoms with Gasteiger partial charge >= 0.3 is 0 Å². The third-order valence-corrected chi connectivity index (χ3v) is 4.65. The molecule has 0 aliphatic carbocycles. The molecule has 1 fully saturated rings. The Balaban J connectivity index is 1.69. The maximum atomic E-state index is 12.8. The maximum absolute atomic E-state index is 12.8. The van der Waals surface area contributed by atoms with Crippen LogP contribution < -0.4 is 4.74 Å². The summed E-state index contributed by atoms with van der Waals surface area (Å²) in [7, 11) is 1.61. The zero-order valence-electron chi connectivity index (χ0n) is 13.9. The van der Waals surface area contributed by atoms with Crippen molar-refractivity contribution in [3.8, 4) is 5.75 Å². The Morgan fingerprint density at radius 1 is 1.21 bits per heavy atom. The average Bonchev–Trinajstić information content (AvgIpc) is 3.10. The first-order valence-corrected chi connectivity index (χ1v) is 8.37. The van der Waals surface area contributed by atoms with Crippen molar-refractivity contribution >= 4 is 5.91 Å². The van der Waals surface area contributed by atoms with Crippen molar-refractivity contribution in [2.24, 2.45) is 0 Å². The number of aliphatic hydroxyl groups is 1. The topological polar surface area (TPSA) is 49.8 Å². The highest BCUT2D eigenvalue weighted by Crippen LogP contribution is 2.28. The second kappa shape index (κ2) is 7.49. The number of carbonyl (C=O) groups excluding carboxylic acids is 1. The van der Waals surface area contributed by atoms with E-state index in [4.69, 9.17) is 4.74 Å². The molecule has 1 saturated heterocycles. The van der Waals surface area contributed by atoms with Crippen LogP contribution in [0.25, 0.3) is 0 Å². The van der Waals surface area contributed by atoms with E-state index >= 15 is 0 Å². The number of carbonyl (C=O) groups is 1. The fourth-order valence-electron chi connectivity index (χ4n) is 3.32. The van der Waals surface area contributed by atoms with E-state index in [-0.39, 0.29) is 11.9 Å². The predicted molar refractivity (Wildman–Crippen MR) is 93.1 cm³/mol. The van der Waals surface area contributed by atoms with E-state index in [1.54, 1.807) is 31.4 Å². The Hall–Kier alpha value is -2.33. The van der Waals surface area contributed by atoms with Crippen LogP contribution in [0.15, 0.2) is 54.6 Å². The predicted octanol–water partition coefficient (Wildman–Crippen LogP) is 3.42. The van der Waals surface area contributed by atoms with Crippen molar-refractivity contribution in [3.05, 3.63) is 65.7 Å². The van der Waals surface area contributed by atoms with Gasteiger partial charge in [-0.15, -0.1) is 0 Å². The van der Waals surface area contributed by atoms with Gasteiger partial charge in [-0.25, -0.2) is 0 Å². The van der Waals surface area contributed by atoms with Gasteiger partial charge in [0.1, 0.15) is 5.75 Å². The van der Waals surface area contributed by atoms with Gasteiger partial charge in [0.2, 0.25) is 0 Å². The third-order valence-electron chi connectivity index (χ3n) is 4.65. The van der Waals surface area contributed by atoms with E-state index in [1.165, 1.54) is 0 Å². The quantitative estimate of drug-likeness (QED) is 0.916. The van der Waals surface area contributed by atoms with Crippen LogP contribution in [0.3, 0.4) is 0 Å². The van der Waals surface area contributed by atoms with E-state index in [9.17, 15) is 9.90 Å². The van der Waals surface area contributed by atoms with E-state index in [0.29, 0.717) is 12.0 Å². The molecule has 3 rings (SSSR count). The Morgan fingerprint density at radius 3 is 2.58 bits per heavy atom. The second-order valence-corrected chi connectivity index (χ2v) is 6.19. The lowest BCUT2D eigenvalue weighted by Crippen LogP contribution is -2.36. The first-order valence-electron chi connectivity index (χ1n) is 8.37. The number of nitrogens with zero attached hydrogens (tertiary/aromatic N) is 1. The van der Waals surface area contributed by atoms with Gasteiger partial charge in [-0.05, 0) is 49.1 Å². The first-order chi connectivity index (χ1) is 11.7. The molecule has 2 aromatic carbocycles. The molecule has 0 spiro atoms. The third kappa shape index (κ3) is 3.60. The number of hydrogen-bond acceptors (Lipinski definition) is 3. The Labute approximate surface area is 142 Å². The summed E-state index contributed by atoms with van der Waals surface area (Å²) in [4.78, 5) is 14.7. The van der Waals surface area contributed by atoms with Crippen LogP contribution >= 0.6 is 0 Å². The SMILES string of the molecule is COc1ccc(C(=O)N2CCCC2CC(O)c2ccccc2)cc1. The number of amides is 1. The van der Waals surface area contributed by atoms with E-state index in [1.807, 2.05) is 35.2 Å². The smallest absolute Gasteiger partial charge is 0.254 e. The maximum Gasteiger partial charge on any atom is 0.254 e. The lowest BCUT2D eigenvalue weighted by Gasteiger charge is -2.27. The summed E-state index contributed by atoms with van der Waals surface area (Å²) in [5.41, 5.74) is 1.57. The van der Waals surface area contributed by atoms with Gasteiger partial charge < -0.3 is 14.7 Å². The Bertz CT molecular complexity index is 669. The Morgan fingerprint density at radius 2 is 1.92 bits per heavy atom. The molecule has 2 unspecified atom stereocenters. The molecule has 1 amide bonds. The lowest BCUT2D eigenvalue weighted by molar-refractivity contribution is 0.0667. The van der Waals surface area contributed by atoms with Crippen LogP contribution in [0.1, 0.15) is 41.3 Å². The Kier molecular flexibility index (Phi) is 5.16. The molecule has 2 aromatic rings. The van der Waals surface area contributed by atoms with Gasteiger partial charge in [-0.3, -0.25) is 4.79 Å². The van der Waals surface area contributed by atoms with Gasteiger partial charge in [-0.2, -0.15) is 0 Å². The lowest BCUT2D eigenvalue weighted by atomic mass is 10.00. The average molecular weight is 325 g/mol. The highest BCUT2D eigenvalue weighted by Gasteiger charge is 2.31. The van der Waals surface area contributed by atoms with Crippen LogP contribution in [0.2, 0.25) is 0 Å². The molecule has 24 heavy (non-hydrogen) atoms. The molecule has 1 aliphatic rings. The van der Waals surface area contributed by atoms with Gasteiger partial charge in [0.15, 0.2) is 0 Å². The van der Waals surface area contributed by atoms with Crippen LogP contribution in [0.4, 0.5) is 0 Å². The number of aliphatic hydroxyl groups excluding tert-OH is 1.